The Morgan fingerprint density at radius 3 is 2.62 bits per heavy atom. The van der Waals surface area contributed by atoms with Crippen LogP contribution in [0.4, 0.5) is 0 Å². The average molecular weight is 221 g/mol. The Kier molecular flexibility index (Phi) is 3.34. The highest BCUT2D eigenvalue weighted by molar-refractivity contribution is 5.42. The normalized spacial score (nSPS) is 16.9. The number of ether oxygens (including phenoxy) is 2. The van der Waals surface area contributed by atoms with Gasteiger partial charge in [0.1, 0.15) is 11.5 Å². The van der Waals surface area contributed by atoms with Gasteiger partial charge in [0.25, 0.3) is 0 Å². The summed E-state index contributed by atoms with van der Waals surface area (Å²) in [4.78, 5) is 0. The van der Waals surface area contributed by atoms with E-state index in [2.05, 4.69) is 0 Å². The van der Waals surface area contributed by atoms with Gasteiger partial charge in [-0.1, -0.05) is 12.8 Å². The van der Waals surface area contributed by atoms with E-state index in [1.54, 1.807) is 14.2 Å². The molecule has 1 aliphatic rings. The molecular weight excluding hydrogens is 202 g/mol. The van der Waals surface area contributed by atoms with Crippen LogP contribution in [-0.4, -0.2) is 14.2 Å². The molecule has 3 heteroatoms. The largest absolute Gasteiger partial charge is 0.497 e. The van der Waals surface area contributed by atoms with E-state index < -0.39 is 0 Å². The molecule has 0 bridgehead atoms. The third kappa shape index (κ3) is 2.47. The average Bonchev–Trinajstić information content (AvgIpc) is 3.12. The molecule has 2 rings (SSSR count). The first-order chi connectivity index (χ1) is 7.74. The predicted octanol–water partition coefficient (Wildman–Crippen LogP) is 2.50. The topological polar surface area (TPSA) is 44.5 Å². The molecule has 0 unspecified atom stereocenters. The van der Waals surface area contributed by atoms with E-state index in [0.29, 0.717) is 0 Å². The fraction of sp³-hybridized carbons (Fsp3) is 0.538. The van der Waals surface area contributed by atoms with Gasteiger partial charge < -0.3 is 15.2 Å². The summed E-state index contributed by atoms with van der Waals surface area (Å²) in [6.07, 6.45) is 3.68. The number of hydrogen-bond donors (Lipinski definition) is 1. The van der Waals surface area contributed by atoms with E-state index in [9.17, 15) is 0 Å². The van der Waals surface area contributed by atoms with E-state index in [4.69, 9.17) is 15.2 Å². The summed E-state index contributed by atoms with van der Waals surface area (Å²) in [5, 5.41) is 0. The Morgan fingerprint density at radius 2 is 2.06 bits per heavy atom. The highest BCUT2D eigenvalue weighted by atomic mass is 16.5. The minimum absolute atomic E-state index is 0.0533. The Morgan fingerprint density at radius 1 is 1.31 bits per heavy atom. The zero-order chi connectivity index (χ0) is 11.5. The summed E-state index contributed by atoms with van der Waals surface area (Å²) < 4.78 is 10.5. The van der Waals surface area contributed by atoms with Crippen LogP contribution in [0.1, 0.15) is 30.9 Å². The van der Waals surface area contributed by atoms with Crippen LogP contribution in [-0.2, 0) is 0 Å². The fourth-order valence-electron chi connectivity index (χ4n) is 1.97. The van der Waals surface area contributed by atoms with Gasteiger partial charge in [-0.3, -0.25) is 0 Å². The quantitative estimate of drug-likeness (QED) is 0.830. The molecule has 0 heterocycles. The maximum Gasteiger partial charge on any atom is 0.123 e. The maximum absolute atomic E-state index is 6.20. The van der Waals surface area contributed by atoms with Crippen molar-refractivity contribution in [3.63, 3.8) is 0 Å². The van der Waals surface area contributed by atoms with Crippen molar-refractivity contribution >= 4 is 0 Å². The first-order valence-corrected chi connectivity index (χ1v) is 5.72. The molecule has 0 saturated heterocycles. The molecule has 16 heavy (non-hydrogen) atoms. The monoisotopic (exact) mass is 221 g/mol. The second kappa shape index (κ2) is 4.74. The Labute approximate surface area is 96.5 Å². The van der Waals surface area contributed by atoms with Gasteiger partial charge in [-0.15, -0.1) is 0 Å². The van der Waals surface area contributed by atoms with E-state index in [-0.39, 0.29) is 6.04 Å². The number of methoxy groups -OCH3 is 2. The molecule has 1 saturated carbocycles. The SMILES string of the molecule is COc1ccc(OC)c([C@H](N)CC2CC2)c1. The van der Waals surface area contributed by atoms with Crippen LogP contribution in [0.2, 0.25) is 0 Å². The molecule has 3 nitrogen and oxygen atoms in total. The molecule has 2 N–H and O–H groups in total. The number of benzene rings is 1. The van der Waals surface area contributed by atoms with Gasteiger partial charge in [0, 0.05) is 11.6 Å². The van der Waals surface area contributed by atoms with Crippen LogP contribution in [0.15, 0.2) is 18.2 Å². The van der Waals surface area contributed by atoms with E-state index in [1.165, 1.54) is 12.8 Å². The minimum Gasteiger partial charge on any atom is -0.497 e. The molecule has 0 radical (unpaired) electrons. The molecule has 1 aromatic rings. The zero-order valence-corrected chi connectivity index (χ0v) is 9.90. The number of rotatable bonds is 5. The Hall–Kier alpha value is -1.22. The van der Waals surface area contributed by atoms with Gasteiger partial charge in [0.2, 0.25) is 0 Å². The second-order valence-corrected chi connectivity index (χ2v) is 4.39. The third-order valence-electron chi connectivity index (χ3n) is 3.12. The third-order valence-corrected chi connectivity index (χ3v) is 3.12. The molecule has 0 amide bonds. The highest BCUT2D eigenvalue weighted by Crippen LogP contribution is 2.39. The molecular formula is C13H19NO2. The van der Waals surface area contributed by atoms with Crippen molar-refractivity contribution in [3.05, 3.63) is 23.8 Å². The lowest BCUT2D eigenvalue weighted by molar-refractivity contribution is 0.393. The molecule has 1 aromatic carbocycles. The van der Waals surface area contributed by atoms with Crippen molar-refractivity contribution in [1.82, 2.24) is 0 Å². The molecule has 1 atom stereocenters. The van der Waals surface area contributed by atoms with Crippen molar-refractivity contribution in [2.45, 2.75) is 25.3 Å². The molecule has 0 aromatic heterocycles. The maximum atomic E-state index is 6.20. The summed E-state index contributed by atoms with van der Waals surface area (Å²) in [6, 6.07) is 5.84. The summed E-state index contributed by atoms with van der Waals surface area (Å²) >= 11 is 0. The van der Waals surface area contributed by atoms with Crippen LogP contribution in [0.5, 0.6) is 11.5 Å². The minimum atomic E-state index is 0.0533. The summed E-state index contributed by atoms with van der Waals surface area (Å²) in [5.41, 5.74) is 7.25. The van der Waals surface area contributed by atoms with Crippen LogP contribution in [0.25, 0.3) is 0 Å². The van der Waals surface area contributed by atoms with Gasteiger partial charge in [0.15, 0.2) is 0 Å². The van der Waals surface area contributed by atoms with Crippen molar-refractivity contribution in [1.29, 1.82) is 0 Å². The van der Waals surface area contributed by atoms with E-state index in [0.717, 1.165) is 29.4 Å². The number of hydrogen-bond acceptors (Lipinski definition) is 3. The lowest BCUT2D eigenvalue weighted by Crippen LogP contribution is -2.12. The van der Waals surface area contributed by atoms with Crippen LogP contribution < -0.4 is 15.2 Å². The van der Waals surface area contributed by atoms with Crippen LogP contribution in [0.3, 0.4) is 0 Å². The van der Waals surface area contributed by atoms with E-state index >= 15 is 0 Å². The smallest absolute Gasteiger partial charge is 0.123 e. The number of nitrogens with two attached hydrogens (primary N) is 1. The summed E-state index contributed by atoms with van der Waals surface area (Å²) in [7, 11) is 3.34. The van der Waals surface area contributed by atoms with Crippen molar-refractivity contribution in [2.75, 3.05) is 14.2 Å². The Bertz CT molecular complexity index is 361. The van der Waals surface area contributed by atoms with Crippen molar-refractivity contribution < 1.29 is 9.47 Å². The summed E-state index contributed by atoms with van der Waals surface area (Å²) in [5.74, 6) is 2.50. The Balaban J connectivity index is 2.20. The van der Waals surface area contributed by atoms with Crippen LogP contribution >= 0.6 is 0 Å². The second-order valence-electron chi connectivity index (χ2n) is 4.39. The van der Waals surface area contributed by atoms with Crippen molar-refractivity contribution in [2.24, 2.45) is 11.7 Å². The first-order valence-electron chi connectivity index (χ1n) is 5.72. The fourth-order valence-corrected chi connectivity index (χ4v) is 1.97. The highest BCUT2D eigenvalue weighted by Gasteiger charge is 2.25. The van der Waals surface area contributed by atoms with Gasteiger partial charge in [0.05, 0.1) is 14.2 Å². The first kappa shape index (κ1) is 11.3. The summed E-state index contributed by atoms with van der Waals surface area (Å²) in [6.45, 7) is 0. The molecule has 0 aliphatic heterocycles. The van der Waals surface area contributed by atoms with Gasteiger partial charge in [-0.25, -0.2) is 0 Å². The van der Waals surface area contributed by atoms with Crippen LogP contribution in [0, 0.1) is 5.92 Å². The standard InChI is InChI=1S/C13H19NO2/c1-15-10-5-6-13(16-2)11(8-10)12(14)7-9-3-4-9/h5-6,8-9,12H,3-4,7,14H2,1-2H3/t12-/m1/s1. The van der Waals surface area contributed by atoms with Crippen molar-refractivity contribution in [3.8, 4) is 11.5 Å². The lowest BCUT2D eigenvalue weighted by atomic mass is 10.0. The molecule has 1 aliphatic carbocycles. The van der Waals surface area contributed by atoms with Gasteiger partial charge >= 0.3 is 0 Å². The molecule has 88 valence electrons. The lowest BCUT2D eigenvalue weighted by Gasteiger charge is -2.16. The van der Waals surface area contributed by atoms with Gasteiger partial charge in [-0.05, 0) is 30.5 Å². The zero-order valence-electron chi connectivity index (χ0n) is 9.90. The van der Waals surface area contributed by atoms with Gasteiger partial charge in [-0.2, -0.15) is 0 Å². The molecule has 1 fully saturated rings. The van der Waals surface area contributed by atoms with E-state index in [1.807, 2.05) is 18.2 Å². The predicted molar refractivity (Wildman–Crippen MR) is 63.8 cm³/mol. The molecule has 0 spiro atoms.